The molecule has 0 bridgehead atoms. The van der Waals surface area contributed by atoms with Crippen LogP contribution in [0.3, 0.4) is 0 Å². The van der Waals surface area contributed by atoms with Crippen LogP contribution in [0, 0.1) is 0 Å². The Kier molecular flexibility index (Phi) is 3.99. The molecule has 0 aliphatic carbocycles. The molecule has 2 saturated heterocycles. The van der Waals surface area contributed by atoms with E-state index in [1.165, 1.54) is 23.5 Å². The minimum atomic E-state index is -3.55. The summed E-state index contributed by atoms with van der Waals surface area (Å²) in [5.41, 5.74) is 0. The molecular formula is C13H17Cl2N2O2S+. The van der Waals surface area contributed by atoms with Crippen molar-refractivity contribution < 1.29 is 13.3 Å². The van der Waals surface area contributed by atoms with Crippen LogP contribution in [0.2, 0.25) is 10.0 Å². The van der Waals surface area contributed by atoms with Crippen LogP contribution in [-0.2, 0) is 10.0 Å². The molecule has 0 aromatic heterocycles. The third kappa shape index (κ3) is 2.57. The molecule has 0 saturated carbocycles. The van der Waals surface area contributed by atoms with Crippen LogP contribution in [0.25, 0.3) is 0 Å². The van der Waals surface area contributed by atoms with Gasteiger partial charge in [-0.25, -0.2) is 8.42 Å². The number of rotatable bonds is 2. The number of sulfonamides is 1. The van der Waals surface area contributed by atoms with Crippen molar-refractivity contribution in [2.24, 2.45) is 0 Å². The van der Waals surface area contributed by atoms with E-state index in [9.17, 15) is 8.42 Å². The predicted octanol–water partition coefficient (Wildman–Crippen LogP) is 1.05. The van der Waals surface area contributed by atoms with Crippen LogP contribution in [0.5, 0.6) is 0 Å². The van der Waals surface area contributed by atoms with Gasteiger partial charge in [0, 0.05) is 17.9 Å². The molecule has 0 spiro atoms. The third-order valence-electron chi connectivity index (χ3n) is 4.25. The number of nitrogens with zero attached hydrogens (tertiary/aromatic N) is 1. The highest BCUT2D eigenvalue weighted by molar-refractivity contribution is 7.89. The maximum atomic E-state index is 12.7. The van der Waals surface area contributed by atoms with Crippen LogP contribution >= 0.6 is 23.2 Å². The Hall–Kier alpha value is -0.330. The second-order valence-electron chi connectivity index (χ2n) is 5.44. The first-order valence-corrected chi connectivity index (χ1v) is 8.98. The molecule has 0 amide bonds. The lowest BCUT2D eigenvalue weighted by atomic mass is 10.2. The summed E-state index contributed by atoms with van der Waals surface area (Å²) in [4.78, 5) is 1.65. The number of piperazine rings is 1. The number of hydrogen-bond donors (Lipinski definition) is 1. The van der Waals surface area contributed by atoms with Crippen LogP contribution < -0.4 is 4.90 Å². The highest BCUT2D eigenvalue weighted by Crippen LogP contribution is 2.28. The Labute approximate surface area is 129 Å². The Balaban J connectivity index is 1.90. The number of halogens is 2. The molecule has 3 rings (SSSR count). The molecule has 2 atom stereocenters. The van der Waals surface area contributed by atoms with Gasteiger partial charge in [0.1, 0.15) is 10.9 Å². The molecule has 1 unspecified atom stereocenters. The van der Waals surface area contributed by atoms with Gasteiger partial charge in [0.15, 0.2) is 0 Å². The molecule has 4 nitrogen and oxygen atoms in total. The van der Waals surface area contributed by atoms with Crippen LogP contribution in [0.4, 0.5) is 0 Å². The second kappa shape index (κ2) is 5.46. The highest BCUT2D eigenvalue weighted by Gasteiger charge is 2.39. The number of quaternary nitrogens is 1. The van der Waals surface area contributed by atoms with Crippen molar-refractivity contribution in [3.63, 3.8) is 0 Å². The van der Waals surface area contributed by atoms with Gasteiger partial charge in [-0.1, -0.05) is 23.2 Å². The van der Waals surface area contributed by atoms with Gasteiger partial charge in [0.05, 0.1) is 31.2 Å². The number of fused-ring (bicyclic) bond motifs is 1. The lowest BCUT2D eigenvalue weighted by molar-refractivity contribution is -0.916. The van der Waals surface area contributed by atoms with Gasteiger partial charge in [-0.05, 0) is 18.2 Å². The monoisotopic (exact) mass is 335 g/mol. The van der Waals surface area contributed by atoms with Crippen molar-refractivity contribution in [1.29, 1.82) is 0 Å². The molecule has 2 aliphatic rings. The molecular weight excluding hydrogens is 319 g/mol. The van der Waals surface area contributed by atoms with E-state index in [1.54, 1.807) is 10.4 Å². The van der Waals surface area contributed by atoms with Crippen molar-refractivity contribution in [3.8, 4) is 0 Å². The molecule has 20 heavy (non-hydrogen) atoms. The second-order valence-corrected chi connectivity index (χ2v) is 8.19. The highest BCUT2D eigenvalue weighted by atomic mass is 35.5. The molecule has 2 fully saturated rings. The Morgan fingerprint density at radius 2 is 2.05 bits per heavy atom. The summed E-state index contributed by atoms with van der Waals surface area (Å²) in [7, 11) is -3.55. The largest absolute Gasteiger partial charge is 0.330 e. The van der Waals surface area contributed by atoms with E-state index in [4.69, 9.17) is 23.2 Å². The zero-order valence-corrected chi connectivity index (χ0v) is 13.3. The van der Waals surface area contributed by atoms with Crippen molar-refractivity contribution >= 4 is 33.2 Å². The maximum absolute atomic E-state index is 12.7. The van der Waals surface area contributed by atoms with E-state index < -0.39 is 10.0 Å². The average Bonchev–Trinajstić information content (AvgIpc) is 2.88. The lowest BCUT2D eigenvalue weighted by Gasteiger charge is -2.34. The zero-order chi connectivity index (χ0) is 14.3. The summed E-state index contributed by atoms with van der Waals surface area (Å²) in [6.07, 6.45) is 2.29. The Morgan fingerprint density at radius 1 is 1.25 bits per heavy atom. The fraction of sp³-hybridized carbons (Fsp3) is 0.538. The molecule has 1 aromatic rings. The summed E-state index contributed by atoms with van der Waals surface area (Å²) < 4.78 is 27.0. The van der Waals surface area contributed by atoms with E-state index in [1.807, 2.05) is 0 Å². The standard InChI is InChI=1S/C13H16Cl2N2O2S/c14-10-3-4-12(15)13(8-10)20(18,19)17-7-6-16-5-1-2-11(16)9-17/h3-4,8,11H,1-2,5-7,9H2/p+1/t11-/m1/s1. The van der Waals surface area contributed by atoms with Crippen molar-refractivity contribution in [3.05, 3.63) is 28.2 Å². The molecule has 1 aromatic carbocycles. The summed E-state index contributed by atoms with van der Waals surface area (Å²) in [6.45, 7) is 3.18. The van der Waals surface area contributed by atoms with E-state index in [-0.39, 0.29) is 9.92 Å². The van der Waals surface area contributed by atoms with Gasteiger partial charge in [-0.2, -0.15) is 4.31 Å². The first-order chi connectivity index (χ1) is 9.48. The Bertz CT molecular complexity index is 621. The van der Waals surface area contributed by atoms with E-state index >= 15 is 0 Å². The van der Waals surface area contributed by atoms with Gasteiger partial charge in [-0.3, -0.25) is 0 Å². The van der Waals surface area contributed by atoms with Crippen LogP contribution in [-0.4, -0.2) is 44.9 Å². The third-order valence-corrected chi connectivity index (χ3v) is 6.83. The first kappa shape index (κ1) is 14.6. The van der Waals surface area contributed by atoms with E-state index in [0.29, 0.717) is 24.2 Å². The molecule has 110 valence electrons. The van der Waals surface area contributed by atoms with Crippen LogP contribution in [0.1, 0.15) is 12.8 Å². The summed E-state index contributed by atoms with van der Waals surface area (Å²) in [6, 6.07) is 5.00. The van der Waals surface area contributed by atoms with Gasteiger partial charge >= 0.3 is 0 Å². The summed E-state index contributed by atoms with van der Waals surface area (Å²) in [5, 5.41) is 0.619. The molecule has 0 radical (unpaired) electrons. The minimum absolute atomic E-state index is 0.119. The van der Waals surface area contributed by atoms with Crippen molar-refractivity contribution in [1.82, 2.24) is 4.31 Å². The number of hydrogen-bond acceptors (Lipinski definition) is 2. The SMILES string of the molecule is O=S(=O)(c1cc(Cl)ccc1Cl)N1CC[NH+]2CCC[C@@H]2C1. The van der Waals surface area contributed by atoms with Gasteiger partial charge in [-0.15, -0.1) is 0 Å². The Morgan fingerprint density at radius 3 is 2.85 bits per heavy atom. The van der Waals surface area contributed by atoms with Gasteiger partial charge in [0.2, 0.25) is 10.0 Å². The molecule has 2 heterocycles. The zero-order valence-electron chi connectivity index (χ0n) is 11.0. The van der Waals surface area contributed by atoms with E-state index in [2.05, 4.69) is 0 Å². The average molecular weight is 336 g/mol. The number of benzene rings is 1. The predicted molar refractivity (Wildman–Crippen MR) is 78.9 cm³/mol. The van der Waals surface area contributed by atoms with E-state index in [0.717, 1.165) is 19.5 Å². The lowest BCUT2D eigenvalue weighted by Crippen LogP contribution is -3.16. The smallest absolute Gasteiger partial charge is 0.245 e. The fourth-order valence-corrected chi connectivity index (χ4v) is 5.39. The van der Waals surface area contributed by atoms with Gasteiger partial charge in [0.25, 0.3) is 0 Å². The maximum Gasteiger partial charge on any atom is 0.245 e. The van der Waals surface area contributed by atoms with Gasteiger partial charge < -0.3 is 4.90 Å². The number of nitrogens with one attached hydrogen (secondary N) is 1. The van der Waals surface area contributed by atoms with Crippen LogP contribution in [0.15, 0.2) is 23.1 Å². The normalized spacial score (nSPS) is 27.5. The first-order valence-electron chi connectivity index (χ1n) is 6.78. The minimum Gasteiger partial charge on any atom is -0.330 e. The summed E-state index contributed by atoms with van der Waals surface area (Å²) in [5.74, 6) is 0. The quantitative estimate of drug-likeness (QED) is 0.877. The summed E-state index contributed by atoms with van der Waals surface area (Å²) >= 11 is 11.9. The van der Waals surface area contributed by atoms with Crippen molar-refractivity contribution in [2.45, 2.75) is 23.8 Å². The molecule has 1 N–H and O–H groups in total. The fourth-order valence-electron chi connectivity index (χ4n) is 3.17. The molecule has 2 aliphatic heterocycles. The molecule has 7 heteroatoms. The topological polar surface area (TPSA) is 41.8 Å². The van der Waals surface area contributed by atoms with Crippen molar-refractivity contribution in [2.75, 3.05) is 26.2 Å².